The highest BCUT2D eigenvalue weighted by atomic mass is 16.1. The van der Waals surface area contributed by atoms with Crippen molar-refractivity contribution in [1.82, 2.24) is 5.32 Å². The Hall–Kier alpha value is -1.64. The first kappa shape index (κ1) is 11.4. The van der Waals surface area contributed by atoms with Crippen LogP contribution < -0.4 is 5.32 Å². The Bertz CT molecular complexity index is 246. The number of hydrogen-bond acceptors (Lipinski definition) is 2. The lowest BCUT2D eigenvalue weighted by Crippen LogP contribution is -2.19. The van der Waals surface area contributed by atoms with Crippen molar-refractivity contribution in [2.75, 3.05) is 7.05 Å². The lowest BCUT2D eigenvalue weighted by Gasteiger charge is -1.98. The molecule has 13 heavy (non-hydrogen) atoms. The minimum absolute atomic E-state index is 0.0520. The molecule has 1 aromatic carbocycles. The average molecular weight is 179 g/mol. The Morgan fingerprint density at radius 2 is 1.85 bits per heavy atom. The van der Waals surface area contributed by atoms with Gasteiger partial charge in [-0.2, -0.15) is 0 Å². The summed E-state index contributed by atoms with van der Waals surface area (Å²) in [6.45, 7) is 2.00. The van der Waals surface area contributed by atoms with Gasteiger partial charge in [0.15, 0.2) is 0 Å². The fraction of sp³-hybridized carbons (Fsp3) is 0.200. The normalized spacial score (nSPS) is 8.08. The predicted octanol–water partition coefficient (Wildman–Crippen LogP) is 0.790. The second-order valence-corrected chi connectivity index (χ2v) is 2.34. The zero-order chi connectivity index (χ0) is 10.1. The van der Waals surface area contributed by atoms with Crippen LogP contribution in [0.5, 0.6) is 0 Å². The molecule has 0 aromatic heterocycles. The Morgan fingerprint density at radius 3 is 2.31 bits per heavy atom. The summed E-state index contributed by atoms with van der Waals surface area (Å²) in [6, 6.07) is 9.67. The number of hydrogen-bond donors (Lipinski definition) is 1. The van der Waals surface area contributed by atoms with Crippen molar-refractivity contribution in [3.63, 3.8) is 0 Å². The van der Waals surface area contributed by atoms with Gasteiger partial charge < -0.3 is 10.1 Å². The molecule has 0 aliphatic heterocycles. The highest BCUT2D eigenvalue weighted by Gasteiger charge is 1.97. The number of amides is 1. The van der Waals surface area contributed by atoms with Crippen molar-refractivity contribution in [1.29, 1.82) is 0 Å². The summed E-state index contributed by atoms with van der Waals surface area (Å²) in [7, 11) is 1.64. The average Bonchev–Trinajstić information content (AvgIpc) is 2.22. The summed E-state index contributed by atoms with van der Waals surface area (Å²) >= 11 is 0. The zero-order valence-corrected chi connectivity index (χ0v) is 7.62. The topological polar surface area (TPSA) is 46.2 Å². The summed E-state index contributed by atoms with van der Waals surface area (Å²) < 4.78 is 0. The third-order valence-electron chi connectivity index (χ3n) is 1.49. The van der Waals surface area contributed by atoms with Crippen LogP contribution in [0, 0.1) is 0 Å². The van der Waals surface area contributed by atoms with E-state index in [0.717, 1.165) is 5.56 Å². The Kier molecular flexibility index (Phi) is 6.15. The summed E-state index contributed by atoms with van der Waals surface area (Å²) in [5, 5.41) is 2.57. The smallest absolute Gasteiger partial charge is 0.224 e. The van der Waals surface area contributed by atoms with Crippen molar-refractivity contribution >= 4 is 12.7 Å². The Morgan fingerprint density at radius 1 is 1.31 bits per heavy atom. The second kappa shape index (κ2) is 7.03. The highest BCUT2D eigenvalue weighted by molar-refractivity contribution is 5.78. The molecular weight excluding hydrogens is 166 g/mol. The molecule has 0 saturated carbocycles. The van der Waals surface area contributed by atoms with Crippen molar-refractivity contribution in [3.8, 4) is 0 Å². The van der Waals surface area contributed by atoms with E-state index in [1.54, 1.807) is 7.05 Å². The molecule has 0 saturated heterocycles. The molecule has 3 heteroatoms. The van der Waals surface area contributed by atoms with Crippen LogP contribution in [-0.2, 0) is 16.0 Å². The van der Waals surface area contributed by atoms with Gasteiger partial charge in [-0.1, -0.05) is 30.3 Å². The van der Waals surface area contributed by atoms with E-state index in [1.165, 1.54) is 0 Å². The SMILES string of the molecule is C=O.CNC(=O)Cc1ccccc1. The highest BCUT2D eigenvalue weighted by Crippen LogP contribution is 1.98. The van der Waals surface area contributed by atoms with Crippen LogP contribution in [0.2, 0.25) is 0 Å². The lowest BCUT2D eigenvalue weighted by atomic mass is 10.1. The number of carbonyl (C=O) groups is 2. The van der Waals surface area contributed by atoms with E-state index in [9.17, 15) is 4.79 Å². The first-order valence-corrected chi connectivity index (χ1v) is 3.86. The summed E-state index contributed by atoms with van der Waals surface area (Å²) in [6.07, 6.45) is 0.470. The maximum Gasteiger partial charge on any atom is 0.224 e. The van der Waals surface area contributed by atoms with Crippen LogP contribution in [-0.4, -0.2) is 19.7 Å². The summed E-state index contributed by atoms with van der Waals surface area (Å²) in [5.41, 5.74) is 1.05. The molecule has 0 aliphatic carbocycles. The van der Waals surface area contributed by atoms with Gasteiger partial charge >= 0.3 is 0 Å². The second-order valence-electron chi connectivity index (χ2n) is 2.34. The van der Waals surface area contributed by atoms with Gasteiger partial charge in [-0.3, -0.25) is 4.79 Å². The van der Waals surface area contributed by atoms with Gasteiger partial charge in [-0.25, -0.2) is 0 Å². The number of rotatable bonds is 2. The van der Waals surface area contributed by atoms with E-state index < -0.39 is 0 Å². The first-order valence-electron chi connectivity index (χ1n) is 3.86. The zero-order valence-electron chi connectivity index (χ0n) is 7.62. The van der Waals surface area contributed by atoms with Gasteiger partial charge in [0, 0.05) is 7.05 Å². The maximum absolute atomic E-state index is 10.9. The fourth-order valence-electron chi connectivity index (χ4n) is 0.870. The van der Waals surface area contributed by atoms with Crippen LogP contribution in [0.3, 0.4) is 0 Å². The van der Waals surface area contributed by atoms with E-state index in [4.69, 9.17) is 4.79 Å². The molecule has 0 aliphatic rings. The molecule has 1 N–H and O–H groups in total. The molecule has 0 bridgehead atoms. The minimum atomic E-state index is 0.0520. The predicted molar refractivity (Wildman–Crippen MR) is 51.3 cm³/mol. The van der Waals surface area contributed by atoms with Gasteiger partial charge in [0.05, 0.1) is 6.42 Å². The molecule has 0 unspecified atom stereocenters. The van der Waals surface area contributed by atoms with Crippen molar-refractivity contribution in [3.05, 3.63) is 35.9 Å². The van der Waals surface area contributed by atoms with E-state index in [-0.39, 0.29) is 5.91 Å². The Balaban J connectivity index is 0.000000671. The first-order chi connectivity index (χ1) is 6.33. The molecule has 1 aromatic rings. The molecular formula is C10H13NO2. The van der Waals surface area contributed by atoms with Crippen LogP contribution in [0.25, 0.3) is 0 Å². The molecule has 0 atom stereocenters. The monoisotopic (exact) mass is 179 g/mol. The standard InChI is InChI=1S/C9H11NO.CH2O/c1-10-9(11)7-8-5-3-2-4-6-8;1-2/h2-6H,7H2,1H3,(H,10,11);1H2. The van der Waals surface area contributed by atoms with E-state index >= 15 is 0 Å². The van der Waals surface area contributed by atoms with Gasteiger partial charge in [0.1, 0.15) is 6.79 Å². The van der Waals surface area contributed by atoms with Gasteiger partial charge in [0.25, 0.3) is 0 Å². The van der Waals surface area contributed by atoms with Crippen molar-refractivity contribution in [2.24, 2.45) is 0 Å². The molecule has 0 spiro atoms. The molecule has 0 radical (unpaired) electrons. The molecule has 1 amide bonds. The molecule has 3 nitrogen and oxygen atoms in total. The molecule has 0 fully saturated rings. The van der Waals surface area contributed by atoms with E-state index in [2.05, 4.69) is 5.32 Å². The quantitative estimate of drug-likeness (QED) is 0.729. The molecule has 0 heterocycles. The van der Waals surface area contributed by atoms with E-state index in [0.29, 0.717) is 6.42 Å². The van der Waals surface area contributed by atoms with Gasteiger partial charge in [-0.15, -0.1) is 0 Å². The third-order valence-corrected chi connectivity index (χ3v) is 1.49. The van der Waals surface area contributed by atoms with Crippen LogP contribution in [0.4, 0.5) is 0 Å². The van der Waals surface area contributed by atoms with Crippen molar-refractivity contribution in [2.45, 2.75) is 6.42 Å². The third kappa shape index (κ3) is 4.74. The van der Waals surface area contributed by atoms with Gasteiger partial charge in [0.2, 0.25) is 5.91 Å². The summed E-state index contributed by atoms with van der Waals surface area (Å²) in [5.74, 6) is 0.0520. The fourth-order valence-corrected chi connectivity index (χ4v) is 0.870. The number of likely N-dealkylation sites (N-methyl/N-ethyl adjacent to an activating group) is 1. The van der Waals surface area contributed by atoms with Crippen LogP contribution in [0.1, 0.15) is 5.56 Å². The number of nitrogens with one attached hydrogen (secondary N) is 1. The molecule has 70 valence electrons. The van der Waals surface area contributed by atoms with Gasteiger partial charge in [-0.05, 0) is 5.56 Å². The largest absolute Gasteiger partial charge is 0.359 e. The maximum atomic E-state index is 10.9. The Labute approximate surface area is 77.8 Å². The molecule has 1 rings (SSSR count). The van der Waals surface area contributed by atoms with Crippen LogP contribution >= 0.6 is 0 Å². The lowest BCUT2D eigenvalue weighted by molar-refractivity contribution is -0.119. The van der Waals surface area contributed by atoms with Crippen LogP contribution in [0.15, 0.2) is 30.3 Å². The number of benzene rings is 1. The van der Waals surface area contributed by atoms with Crippen molar-refractivity contribution < 1.29 is 9.59 Å². The number of carbonyl (C=O) groups excluding carboxylic acids is 2. The minimum Gasteiger partial charge on any atom is -0.359 e. The van der Waals surface area contributed by atoms with E-state index in [1.807, 2.05) is 37.1 Å². The summed E-state index contributed by atoms with van der Waals surface area (Å²) in [4.78, 5) is 18.9.